The molecule has 3 aromatic rings. The number of methoxy groups -OCH3 is 1. The third-order valence-electron chi connectivity index (χ3n) is 5.67. The van der Waals surface area contributed by atoms with Gasteiger partial charge in [-0.05, 0) is 49.4 Å². The summed E-state index contributed by atoms with van der Waals surface area (Å²) in [4.78, 5) is 37.7. The zero-order valence-electron chi connectivity index (χ0n) is 19.6. The topological polar surface area (TPSA) is 87.7 Å². The molecule has 35 heavy (non-hydrogen) atoms. The Balaban J connectivity index is 1.36. The number of carbonyl (C=O) groups is 2. The molecule has 1 aliphatic rings. The van der Waals surface area contributed by atoms with Crippen LogP contribution < -0.4 is 5.32 Å². The summed E-state index contributed by atoms with van der Waals surface area (Å²) in [6.45, 7) is 3.66. The second-order valence-electron chi connectivity index (χ2n) is 8.10. The molecule has 9 heteroatoms. The lowest BCUT2D eigenvalue weighted by atomic mass is 10.1. The first-order valence-electron chi connectivity index (χ1n) is 11.2. The summed E-state index contributed by atoms with van der Waals surface area (Å²) in [5.41, 5.74) is 3.61. The highest BCUT2D eigenvalue weighted by atomic mass is 35.5. The van der Waals surface area contributed by atoms with Crippen molar-refractivity contribution in [1.29, 1.82) is 0 Å². The second-order valence-corrected chi connectivity index (χ2v) is 8.53. The van der Waals surface area contributed by atoms with Crippen LogP contribution >= 0.6 is 11.6 Å². The Kier molecular flexibility index (Phi) is 7.62. The van der Waals surface area contributed by atoms with Crippen LogP contribution in [0.1, 0.15) is 17.3 Å². The summed E-state index contributed by atoms with van der Waals surface area (Å²) >= 11 is 5.97. The fourth-order valence-corrected chi connectivity index (χ4v) is 3.92. The molecule has 1 aromatic heterocycles. The largest absolute Gasteiger partial charge is 0.504 e. The molecule has 0 spiro atoms. The molecule has 0 aliphatic carbocycles. The number of nitrogens with one attached hydrogen (secondary N) is 1. The molecule has 2 aromatic carbocycles. The van der Waals surface area contributed by atoms with Gasteiger partial charge in [-0.3, -0.25) is 9.59 Å². The van der Waals surface area contributed by atoms with Gasteiger partial charge in [0.25, 0.3) is 11.8 Å². The molecule has 0 unspecified atom stereocenters. The molecule has 4 rings (SSSR count). The van der Waals surface area contributed by atoms with Gasteiger partial charge in [0, 0.05) is 59.8 Å². The standard InChI is InChI=1S/C26H26ClN5O3/c1-18(17-35-2)24(33)31-13-15-32(16-14-31)25(34)20-5-9-22(10-6-20)29-26-28-12-11-23(30-26)19-3-7-21(27)8-4-19/h3-12,17H,13-16H2,1-2H3,(H,28,29,30)/b18-17+. The maximum Gasteiger partial charge on any atom is 0.253 e. The number of halogens is 1. The summed E-state index contributed by atoms with van der Waals surface area (Å²) in [6, 6.07) is 16.5. The van der Waals surface area contributed by atoms with Gasteiger partial charge in [-0.2, -0.15) is 0 Å². The average Bonchev–Trinajstić information content (AvgIpc) is 2.89. The Morgan fingerprint density at radius 3 is 2.29 bits per heavy atom. The van der Waals surface area contributed by atoms with E-state index < -0.39 is 0 Å². The number of hydrogen-bond donors (Lipinski definition) is 1. The van der Waals surface area contributed by atoms with Crippen LogP contribution in [0.3, 0.4) is 0 Å². The van der Waals surface area contributed by atoms with Crippen LogP contribution in [0, 0.1) is 0 Å². The predicted molar refractivity (Wildman–Crippen MR) is 135 cm³/mol. The van der Waals surface area contributed by atoms with Crippen molar-refractivity contribution in [2.45, 2.75) is 6.92 Å². The first kappa shape index (κ1) is 24.2. The van der Waals surface area contributed by atoms with Crippen LogP contribution in [-0.4, -0.2) is 64.9 Å². The maximum atomic E-state index is 12.9. The molecular formula is C26H26ClN5O3. The number of nitrogens with zero attached hydrogens (tertiary/aromatic N) is 4. The van der Waals surface area contributed by atoms with Gasteiger partial charge in [0.15, 0.2) is 0 Å². The monoisotopic (exact) mass is 491 g/mol. The summed E-state index contributed by atoms with van der Waals surface area (Å²) in [6.07, 6.45) is 3.13. The maximum absolute atomic E-state index is 12.9. The number of amides is 2. The molecule has 0 bridgehead atoms. The molecule has 0 saturated carbocycles. The number of piperazine rings is 1. The average molecular weight is 492 g/mol. The Labute approximate surface area is 209 Å². The SMILES string of the molecule is CO/C=C(\C)C(=O)N1CCN(C(=O)c2ccc(Nc3nccc(-c4ccc(Cl)cc4)n3)cc2)CC1. The number of ether oxygens (including phenoxy) is 1. The van der Waals surface area contributed by atoms with E-state index in [1.165, 1.54) is 13.4 Å². The van der Waals surface area contributed by atoms with Crippen molar-refractivity contribution in [1.82, 2.24) is 19.8 Å². The molecule has 2 amide bonds. The molecular weight excluding hydrogens is 466 g/mol. The fraction of sp³-hybridized carbons (Fsp3) is 0.231. The van der Waals surface area contributed by atoms with Gasteiger partial charge in [0.2, 0.25) is 5.95 Å². The number of hydrogen-bond acceptors (Lipinski definition) is 6. The summed E-state index contributed by atoms with van der Waals surface area (Å²) in [5, 5.41) is 3.84. The van der Waals surface area contributed by atoms with E-state index in [9.17, 15) is 9.59 Å². The molecule has 1 aliphatic heterocycles. The van der Waals surface area contributed by atoms with E-state index in [0.717, 1.165) is 16.9 Å². The minimum absolute atomic E-state index is 0.0613. The highest BCUT2D eigenvalue weighted by molar-refractivity contribution is 6.30. The highest BCUT2D eigenvalue weighted by Crippen LogP contribution is 2.22. The molecule has 0 atom stereocenters. The quantitative estimate of drug-likeness (QED) is 0.407. The molecule has 8 nitrogen and oxygen atoms in total. The summed E-state index contributed by atoms with van der Waals surface area (Å²) < 4.78 is 4.92. The van der Waals surface area contributed by atoms with Gasteiger partial charge in [-0.1, -0.05) is 23.7 Å². The normalized spacial score (nSPS) is 14.0. The number of carbonyl (C=O) groups excluding carboxylic acids is 2. The lowest BCUT2D eigenvalue weighted by molar-refractivity contribution is -0.128. The van der Waals surface area contributed by atoms with E-state index in [1.807, 2.05) is 42.5 Å². The number of benzene rings is 2. The Hall–Kier alpha value is -3.91. The van der Waals surface area contributed by atoms with Gasteiger partial charge >= 0.3 is 0 Å². The lowest BCUT2D eigenvalue weighted by Gasteiger charge is -2.35. The highest BCUT2D eigenvalue weighted by Gasteiger charge is 2.25. The Morgan fingerprint density at radius 1 is 0.971 bits per heavy atom. The summed E-state index contributed by atoms with van der Waals surface area (Å²) in [5.74, 6) is 0.320. The Morgan fingerprint density at radius 2 is 1.63 bits per heavy atom. The summed E-state index contributed by atoms with van der Waals surface area (Å²) in [7, 11) is 1.51. The second kappa shape index (κ2) is 11.0. The van der Waals surface area contributed by atoms with Crippen LogP contribution in [0.2, 0.25) is 5.02 Å². The van der Waals surface area contributed by atoms with E-state index in [4.69, 9.17) is 16.3 Å². The molecule has 1 saturated heterocycles. The van der Waals surface area contributed by atoms with E-state index >= 15 is 0 Å². The van der Waals surface area contributed by atoms with E-state index in [2.05, 4.69) is 15.3 Å². The fourth-order valence-electron chi connectivity index (χ4n) is 3.80. The lowest BCUT2D eigenvalue weighted by Crippen LogP contribution is -2.50. The number of aromatic nitrogens is 2. The number of anilines is 2. The van der Waals surface area contributed by atoms with Gasteiger partial charge in [-0.25, -0.2) is 9.97 Å². The van der Waals surface area contributed by atoms with Crippen molar-refractivity contribution in [2.24, 2.45) is 0 Å². The zero-order valence-corrected chi connectivity index (χ0v) is 20.3. The zero-order chi connectivity index (χ0) is 24.8. The van der Waals surface area contributed by atoms with Crippen molar-refractivity contribution in [3.63, 3.8) is 0 Å². The van der Waals surface area contributed by atoms with Crippen molar-refractivity contribution in [3.8, 4) is 11.3 Å². The van der Waals surface area contributed by atoms with Crippen LogP contribution in [0.25, 0.3) is 11.3 Å². The third-order valence-corrected chi connectivity index (χ3v) is 5.92. The first-order valence-corrected chi connectivity index (χ1v) is 11.6. The van der Waals surface area contributed by atoms with Gasteiger partial charge in [-0.15, -0.1) is 0 Å². The van der Waals surface area contributed by atoms with Gasteiger partial charge in [0.1, 0.15) is 0 Å². The Bertz CT molecular complexity index is 1220. The minimum atomic E-state index is -0.0725. The molecule has 1 N–H and O–H groups in total. The van der Waals surface area contributed by atoms with Crippen LogP contribution in [-0.2, 0) is 9.53 Å². The minimum Gasteiger partial charge on any atom is -0.504 e. The smallest absolute Gasteiger partial charge is 0.253 e. The van der Waals surface area contributed by atoms with Crippen molar-refractivity contribution >= 4 is 35.1 Å². The van der Waals surface area contributed by atoms with E-state index in [0.29, 0.717) is 48.3 Å². The predicted octanol–water partition coefficient (Wildman–Crippen LogP) is 4.38. The van der Waals surface area contributed by atoms with Crippen molar-refractivity contribution in [3.05, 3.63) is 83.2 Å². The van der Waals surface area contributed by atoms with Gasteiger partial charge < -0.3 is 19.9 Å². The van der Waals surface area contributed by atoms with Crippen LogP contribution in [0.5, 0.6) is 0 Å². The molecule has 1 fully saturated rings. The molecule has 0 radical (unpaired) electrons. The third kappa shape index (κ3) is 5.96. The van der Waals surface area contributed by atoms with E-state index in [1.54, 1.807) is 35.1 Å². The first-order chi connectivity index (χ1) is 16.9. The number of rotatable bonds is 6. The van der Waals surface area contributed by atoms with Crippen LogP contribution in [0.4, 0.5) is 11.6 Å². The van der Waals surface area contributed by atoms with E-state index in [-0.39, 0.29) is 11.8 Å². The van der Waals surface area contributed by atoms with Gasteiger partial charge in [0.05, 0.1) is 19.1 Å². The molecule has 180 valence electrons. The molecule has 2 heterocycles. The van der Waals surface area contributed by atoms with Crippen molar-refractivity contribution in [2.75, 3.05) is 38.6 Å². The van der Waals surface area contributed by atoms with Crippen molar-refractivity contribution < 1.29 is 14.3 Å². The van der Waals surface area contributed by atoms with Crippen LogP contribution in [0.15, 0.2) is 72.6 Å².